The maximum absolute atomic E-state index is 13.4. The van der Waals surface area contributed by atoms with Gasteiger partial charge in [0, 0.05) is 63.6 Å². The fourth-order valence-corrected chi connectivity index (χ4v) is 7.22. The molecule has 0 spiro atoms. The highest BCUT2D eigenvalue weighted by Crippen LogP contribution is 2.28. The molecule has 3 aliphatic heterocycles. The number of aromatic hydroxyl groups is 1. The molecular formula is C37H43N6O6+. The van der Waals surface area contributed by atoms with E-state index < -0.39 is 0 Å². The lowest BCUT2D eigenvalue weighted by Crippen LogP contribution is -2.49. The molecule has 2 saturated heterocycles. The Hall–Kier alpha value is -4.81. The van der Waals surface area contributed by atoms with Gasteiger partial charge in [-0.3, -0.25) is 29.2 Å². The SMILES string of the molecule is CCn1c(CN2C(=O)c3ccccc3C2=O)[n+](CC2CCOCC2)c2ccc(OCC(=O)N3CCN(Cc4nc(C)ccc4O)CC3)cc21. The highest BCUT2D eigenvalue weighted by atomic mass is 16.5. The quantitative estimate of drug-likeness (QED) is 0.202. The number of carbonyl (C=O) groups is 3. The Morgan fingerprint density at radius 3 is 2.39 bits per heavy atom. The Bertz CT molecular complexity index is 1860. The van der Waals surface area contributed by atoms with E-state index in [9.17, 15) is 19.5 Å². The summed E-state index contributed by atoms with van der Waals surface area (Å²) in [6, 6.07) is 16.3. The van der Waals surface area contributed by atoms with E-state index in [1.54, 1.807) is 36.4 Å². The summed E-state index contributed by atoms with van der Waals surface area (Å²) in [4.78, 5) is 49.8. The number of aromatic nitrogens is 3. The highest BCUT2D eigenvalue weighted by Gasteiger charge is 2.39. The molecule has 4 aromatic rings. The number of piperazine rings is 1. The Morgan fingerprint density at radius 2 is 1.69 bits per heavy atom. The van der Waals surface area contributed by atoms with Gasteiger partial charge in [0.25, 0.3) is 23.5 Å². The number of ether oxygens (including phenoxy) is 2. The fraction of sp³-hybridized carbons (Fsp3) is 0.432. The molecule has 0 saturated carbocycles. The molecule has 49 heavy (non-hydrogen) atoms. The van der Waals surface area contributed by atoms with E-state index in [0.717, 1.165) is 55.2 Å². The fourth-order valence-electron chi connectivity index (χ4n) is 7.22. The molecule has 256 valence electrons. The predicted octanol–water partition coefficient (Wildman–Crippen LogP) is 3.30. The second-order valence-electron chi connectivity index (χ2n) is 13.1. The van der Waals surface area contributed by atoms with Crippen LogP contribution in [0.15, 0.2) is 54.6 Å². The third-order valence-electron chi connectivity index (χ3n) is 9.98. The van der Waals surface area contributed by atoms with Crippen molar-refractivity contribution in [2.24, 2.45) is 5.92 Å². The second-order valence-corrected chi connectivity index (χ2v) is 13.1. The van der Waals surface area contributed by atoms with Crippen molar-refractivity contribution in [2.45, 2.75) is 52.9 Å². The Labute approximate surface area is 285 Å². The minimum atomic E-state index is -0.278. The summed E-state index contributed by atoms with van der Waals surface area (Å²) in [7, 11) is 0. The number of imidazole rings is 1. The van der Waals surface area contributed by atoms with Gasteiger partial charge in [-0.25, -0.2) is 9.13 Å². The van der Waals surface area contributed by atoms with Gasteiger partial charge in [0.2, 0.25) is 0 Å². The van der Waals surface area contributed by atoms with E-state index in [1.165, 1.54) is 4.90 Å². The summed E-state index contributed by atoms with van der Waals surface area (Å²) < 4.78 is 16.1. The topological polar surface area (TPSA) is 121 Å². The van der Waals surface area contributed by atoms with Gasteiger partial charge in [0.15, 0.2) is 17.6 Å². The Kier molecular flexibility index (Phi) is 9.33. The van der Waals surface area contributed by atoms with Gasteiger partial charge in [-0.15, -0.1) is 0 Å². The van der Waals surface area contributed by atoms with Gasteiger partial charge in [0.1, 0.15) is 18.0 Å². The average Bonchev–Trinajstić information content (AvgIpc) is 3.54. The molecule has 12 heteroatoms. The van der Waals surface area contributed by atoms with Crippen molar-refractivity contribution in [3.8, 4) is 11.5 Å². The van der Waals surface area contributed by atoms with Crippen LogP contribution in [0.3, 0.4) is 0 Å². The van der Waals surface area contributed by atoms with Crippen LogP contribution in [0.25, 0.3) is 11.0 Å². The summed E-state index contributed by atoms with van der Waals surface area (Å²) in [5, 5.41) is 10.2. The maximum atomic E-state index is 13.4. The van der Waals surface area contributed by atoms with Gasteiger partial charge in [-0.1, -0.05) is 12.1 Å². The van der Waals surface area contributed by atoms with Gasteiger partial charge >= 0.3 is 0 Å². The first-order valence-electron chi connectivity index (χ1n) is 17.2. The molecule has 7 rings (SSSR count). The molecule has 12 nitrogen and oxygen atoms in total. The van der Waals surface area contributed by atoms with Crippen LogP contribution in [-0.4, -0.2) is 93.1 Å². The van der Waals surface area contributed by atoms with Crippen LogP contribution in [0, 0.1) is 12.8 Å². The maximum Gasteiger partial charge on any atom is 0.277 e. The third-order valence-corrected chi connectivity index (χ3v) is 9.98. The smallest absolute Gasteiger partial charge is 0.277 e. The summed E-state index contributed by atoms with van der Waals surface area (Å²) in [5.41, 5.74) is 4.29. The minimum absolute atomic E-state index is 0.0805. The predicted molar refractivity (Wildman–Crippen MR) is 180 cm³/mol. The summed E-state index contributed by atoms with van der Waals surface area (Å²) >= 11 is 0. The molecule has 5 heterocycles. The summed E-state index contributed by atoms with van der Waals surface area (Å²) in [5.74, 6) is 1.41. The lowest BCUT2D eigenvalue weighted by Gasteiger charge is -2.34. The normalized spacial score (nSPS) is 17.3. The number of amides is 3. The van der Waals surface area contributed by atoms with Crippen molar-refractivity contribution >= 4 is 28.8 Å². The van der Waals surface area contributed by atoms with Crippen LogP contribution in [-0.2, 0) is 35.7 Å². The third kappa shape index (κ3) is 6.62. The van der Waals surface area contributed by atoms with E-state index in [1.807, 2.05) is 30.0 Å². The van der Waals surface area contributed by atoms with Gasteiger partial charge < -0.3 is 19.5 Å². The van der Waals surface area contributed by atoms with Crippen molar-refractivity contribution in [3.05, 3.63) is 82.9 Å². The number of rotatable bonds is 10. The zero-order valence-corrected chi connectivity index (χ0v) is 28.1. The number of pyridine rings is 1. The number of imide groups is 1. The van der Waals surface area contributed by atoms with Gasteiger partial charge in [0.05, 0.1) is 29.9 Å². The first kappa shape index (κ1) is 32.7. The minimum Gasteiger partial charge on any atom is -0.506 e. The summed E-state index contributed by atoms with van der Waals surface area (Å²) in [6.45, 7) is 9.87. The Morgan fingerprint density at radius 1 is 0.980 bits per heavy atom. The molecule has 0 radical (unpaired) electrons. The van der Waals surface area contributed by atoms with Crippen LogP contribution >= 0.6 is 0 Å². The van der Waals surface area contributed by atoms with E-state index in [2.05, 4.69) is 25.9 Å². The lowest BCUT2D eigenvalue weighted by molar-refractivity contribution is -0.687. The average molecular weight is 668 g/mol. The molecule has 2 fully saturated rings. The number of nitrogens with zero attached hydrogens (tertiary/aromatic N) is 6. The zero-order valence-electron chi connectivity index (χ0n) is 28.1. The van der Waals surface area contributed by atoms with E-state index in [-0.39, 0.29) is 36.6 Å². The standard InChI is InChI=1S/C37H42N6O6/c1-3-41-32-20-27(49-24-35(45)40-16-14-39(15-17-40)22-30-33(44)11-8-25(2)38-30)9-10-31(32)42(21-26-12-18-48-19-13-26)34(41)23-43-36(46)28-6-4-5-7-29(28)37(43)47/h4-11,20,26H,3,12-19,21-24H2,1-2H3/p+1. The molecule has 3 amide bonds. The highest BCUT2D eigenvalue weighted by molar-refractivity contribution is 6.21. The van der Waals surface area contributed by atoms with Crippen molar-refractivity contribution < 1.29 is 33.5 Å². The second kappa shape index (κ2) is 14.0. The largest absolute Gasteiger partial charge is 0.506 e. The van der Waals surface area contributed by atoms with Gasteiger partial charge in [-0.05, 0) is 63.1 Å². The summed E-state index contributed by atoms with van der Waals surface area (Å²) in [6.07, 6.45) is 1.89. The van der Waals surface area contributed by atoms with Crippen molar-refractivity contribution in [2.75, 3.05) is 46.0 Å². The molecule has 0 unspecified atom stereocenters. The van der Waals surface area contributed by atoms with Crippen molar-refractivity contribution in [3.63, 3.8) is 0 Å². The number of aryl methyl sites for hydroxylation is 2. The number of fused-ring (bicyclic) bond motifs is 2. The van der Waals surface area contributed by atoms with Gasteiger partial charge in [-0.2, -0.15) is 0 Å². The number of hydrogen-bond donors (Lipinski definition) is 1. The molecule has 0 aliphatic carbocycles. The molecule has 1 N–H and O–H groups in total. The van der Waals surface area contributed by atoms with Crippen molar-refractivity contribution in [1.29, 1.82) is 0 Å². The van der Waals surface area contributed by atoms with Crippen molar-refractivity contribution in [1.82, 2.24) is 24.3 Å². The molecule has 0 atom stereocenters. The molecule has 2 aromatic heterocycles. The van der Waals surface area contributed by atoms with E-state index >= 15 is 0 Å². The lowest BCUT2D eigenvalue weighted by atomic mass is 10.0. The van der Waals surface area contributed by atoms with Crippen LogP contribution in [0.4, 0.5) is 0 Å². The Balaban J connectivity index is 1.07. The molecular weight excluding hydrogens is 624 g/mol. The van der Waals surface area contributed by atoms with E-state index in [0.29, 0.717) is 67.8 Å². The monoisotopic (exact) mass is 667 g/mol. The number of benzene rings is 2. The van der Waals surface area contributed by atoms with E-state index in [4.69, 9.17) is 9.47 Å². The zero-order chi connectivity index (χ0) is 34.1. The first-order chi connectivity index (χ1) is 23.8. The number of hydrogen-bond acceptors (Lipinski definition) is 8. The molecule has 3 aliphatic rings. The first-order valence-corrected chi connectivity index (χ1v) is 17.2. The van der Waals surface area contributed by atoms with Crippen LogP contribution < -0.4 is 9.30 Å². The van der Waals surface area contributed by atoms with Crippen LogP contribution in [0.1, 0.15) is 57.7 Å². The van der Waals surface area contributed by atoms with Crippen LogP contribution in [0.5, 0.6) is 11.5 Å². The number of carbonyl (C=O) groups excluding carboxylic acids is 3. The molecule has 0 bridgehead atoms. The van der Waals surface area contributed by atoms with Crippen LogP contribution in [0.2, 0.25) is 0 Å². The molecule has 2 aromatic carbocycles.